The molecule has 1 aliphatic carbocycles. The maximum absolute atomic E-state index is 4.84. The molecule has 1 fully saturated rings. The molecule has 142 valence electrons. The van der Waals surface area contributed by atoms with E-state index in [1.807, 2.05) is 6.20 Å². The quantitative estimate of drug-likeness (QED) is 0.755. The first-order valence-electron chi connectivity index (χ1n) is 9.92. The Morgan fingerprint density at radius 3 is 2.81 bits per heavy atom. The van der Waals surface area contributed by atoms with Gasteiger partial charge in [0.2, 0.25) is 0 Å². The first-order chi connectivity index (χ1) is 13.1. The van der Waals surface area contributed by atoms with Crippen LogP contribution in [0.15, 0.2) is 24.5 Å². The second-order valence-electron chi connectivity index (χ2n) is 8.24. The van der Waals surface area contributed by atoms with Crippen LogP contribution in [0.5, 0.6) is 0 Å². The monoisotopic (exact) mass is 365 g/mol. The Morgan fingerprint density at radius 1 is 1.15 bits per heavy atom. The molecule has 27 heavy (non-hydrogen) atoms. The van der Waals surface area contributed by atoms with Crippen molar-refractivity contribution in [3.05, 3.63) is 41.6 Å². The van der Waals surface area contributed by atoms with Crippen LogP contribution in [-0.2, 0) is 26.2 Å². The summed E-state index contributed by atoms with van der Waals surface area (Å²) in [5.74, 6) is 0.982. The SMILES string of the molecule is Cc1cc(C)n(CC2(Cn3ccnc3-c3cc4n(n3)CCCNC4)CC2)n1. The molecule has 1 aliphatic heterocycles. The van der Waals surface area contributed by atoms with Crippen molar-refractivity contribution in [2.75, 3.05) is 6.54 Å². The number of hydrogen-bond donors (Lipinski definition) is 1. The van der Waals surface area contributed by atoms with Crippen LogP contribution in [0.2, 0.25) is 0 Å². The van der Waals surface area contributed by atoms with E-state index >= 15 is 0 Å². The molecule has 1 N–H and O–H groups in total. The Balaban J connectivity index is 1.38. The average Bonchev–Trinajstić information content (AvgIpc) is 2.95. The van der Waals surface area contributed by atoms with Gasteiger partial charge in [-0.15, -0.1) is 0 Å². The Labute approximate surface area is 159 Å². The van der Waals surface area contributed by atoms with Crippen molar-refractivity contribution in [2.45, 2.75) is 59.3 Å². The van der Waals surface area contributed by atoms with Gasteiger partial charge >= 0.3 is 0 Å². The van der Waals surface area contributed by atoms with Crippen molar-refractivity contribution in [1.29, 1.82) is 0 Å². The van der Waals surface area contributed by atoms with Crippen LogP contribution in [0.3, 0.4) is 0 Å². The summed E-state index contributed by atoms with van der Waals surface area (Å²) in [4.78, 5) is 4.64. The molecule has 0 saturated heterocycles. The number of aryl methyl sites for hydroxylation is 3. The molecule has 0 radical (unpaired) electrons. The summed E-state index contributed by atoms with van der Waals surface area (Å²) in [5.41, 5.74) is 4.87. The lowest BCUT2D eigenvalue weighted by molar-refractivity contribution is 0.342. The number of aromatic nitrogens is 6. The fraction of sp³-hybridized carbons (Fsp3) is 0.550. The van der Waals surface area contributed by atoms with E-state index in [4.69, 9.17) is 5.10 Å². The first kappa shape index (κ1) is 16.7. The van der Waals surface area contributed by atoms with Gasteiger partial charge in [0.1, 0.15) is 5.69 Å². The predicted octanol–water partition coefficient (Wildman–Crippen LogP) is 2.53. The summed E-state index contributed by atoms with van der Waals surface area (Å²) in [6, 6.07) is 4.35. The number of rotatable bonds is 5. The van der Waals surface area contributed by atoms with Gasteiger partial charge < -0.3 is 9.88 Å². The molecule has 0 aromatic carbocycles. The van der Waals surface area contributed by atoms with Crippen LogP contribution in [0.25, 0.3) is 11.5 Å². The molecule has 0 unspecified atom stereocenters. The van der Waals surface area contributed by atoms with Gasteiger partial charge in [-0.25, -0.2) is 4.98 Å². The van der Waals surface area contributed by atoms with Gasteiger partial charge in [0.05, 0.1) is 11.4 Å². The van der Waals surface area contributed by atoms with Crippen LogP contribution in [-0.4, -0.2) is 35.7 Å². The highest BCUT2D eigenvalue weighted by molar-refractivity contribution is 5.50. The molecule has 0 bridgehead atoms. The summed E-state index contributed by atoms with van der Waals surface area (Å²) < 4.78 is 6.59. The van der Waals surface area contributed by atoms with Gasteiger partial charge in [0.25, 0.3) is 0 Å². The van der Waals surface area contributed by atoms with Crippen molar-refractivity contribution < 1.29 is 0 Å². The molecular weight excluding hydrogens is 338 g/mol. The molecular formula is C20H27N7. The molecule has 4 heterocycles. The highest BCUT2D eigenvalue weighted by atomic mass is 15.3. The minimum atomic E-state index is 0.289. The van der Waals surface area contributed by atoms with Gasteiger partial charge in [-0.05, 0) is 51.8 Å². The summed E-state index contributed by atoms with van der Waals surface area (Å²) in [6.07, 6.45) is 7.60. The van der Waals surface area contributed by atoms with Crippen LogP contribution in [0, 0.1) is 19.3 Å². The zero-order valence-corrected chi connectivity index (χ0v) is 16.1. The van der Waals surface area contributed by atoms with Crippen LogP contribution >= 0.6 is 0 Å². The second kappa shape index (κ2) is 6.34. The molecule has 0 spiro atoms. The van der Waals surface area contributed by atoms with Gasteiger partial charge in [-0.3, -0.25) is 9.36 Å². The molecule has 0 atom stereocenters. The highest BCUT2D eigenvalue weighted by Gasteiger charge is 2.44. The topological polar surface area (TPSA) is 65.5 Å². The summed E-state index contributed by atoms with van der Waals surface area (Å²) in [6.45, 7) is 9.08. The Hall–Kier alpha value is -2.41. The molecule has 3 aromatic heterocycles. The molecule has 2 aliphatic rings. The van der Waals surface area contributed by atoms with Crippen molar-refractivity contribution in [2.24, 2.45) is 5.41 Å². The summed E-state index contributed by atoms with van der Waals surface area (Å²) >= 11 is 0. The Morgan fingerprint density at radius 2 is 2.04 bits per heavy atom. The smallest absolute Gasteiger partial charge is 0.160 e. The van der Waals surface area contributed by atoms with Crippen molar-refractivity contribution in [3.63, 3.8) is 0 Å². The average molecular weight is 365 g/mol. The highest BCUT2D eigenvalue weighted by Crippen LogP contribution is 2.49. The van der Waals surface area contributed by atoms with E-state index in [1.165, 1.54) is 24.2 Å². The minimum absolute atomic E-state index is 0.289. The number of hydrogen-bond acceptors (Lipinski definition) is 4. The Kier molecular flexibility index (Phi) is 3.93. The summed E-state index contributed by atoms with van der Waals surface area (Å²) in [7, 11) is 0. The van der Waals surface area contributed by atoms with E-state index in [0.717, 1.165) is 56.4 Å². The van der Waals surface area contributed by atoms with E-state index < -0.39 is 0 Å². The number of nitrogens with zero attached hydrogens (tertiary/aromatic N) is 6. The van der Waals surface area contributed by atoms with Gasteiger partial charge in [-0.2, -0.15) is 10.2 Å². The third kappa shape index (κ3) is 3.20. The van der Waals surface area contributed by atoms with Crippen LogP contribution < -0.4 is 5.32 Å². The fourth-order valence-corrected chi connectivity index (χ4v) is 4.20. The molecule has 7 heteroatoms. The third-order valence-corrected chi connectivity index (χ3v) is 5.89. The van der Waals surface area contributed by atoms with Crippen molar-refractivity contribution >= 4 is 0 Å². The standard InChI is InChI=1S/C20H27N7/c1-15-10-16(2)27(23-15)14-20(4-5-20)13-25-9-7-22-19(25)18-11-17-12-21-6-3-8-26(17)24-18/h7,9-11,21H,3-6,8,12-14H2,1-2H3. The second-order valence-corrected chi connectivity index (χ2v) is 8.24. The molecule has 3 aromatic rings. The van der Waals surface area contributed by atoms with E-state index in [2.05, 4.69) is 61.5 Å². The van der Waals surface area contributed by atoms with Crippen molar-refractivity contribution in [3.8, 4) is 11.5 Å². The zero-order valence-electron chi connectivity index (χ0n) is 16.1. The summed E-state index contributed by atoms with van der Waals surface area (Å²) in [5, 5.41) is 13.0. The van der Waals surface area contributed by atoms with Gasteiger partial charge in [-0.1, -0.05) is 0 Å². The lowest BCUT2D eigenvalue weighted by Gasteiger charge is -2.18. The minimum Gasteiger partial charge on any atom is -0.329 e. The van der Waals surface area contributed by atoms with Gasteiger partial charge in [0.15, 0.2) is 5.82 Å². The third-order valence-electron chi connectivity index (χ3n) is 5.89. The molecule has 0 amide bonds. The maximum atomic E-state index is 4.84. The van der Waals surface area contributed by atoms with E-state index in [0.29, 0.717) is 0 Å². The Bertz CT molecular complexity index is 934. The lowest BCUT2D eigenvalue weighted by atomic mass is 10.1. The first-order valence-corrected chi connectivity index (χ1v) is 9.92. The predicted molar refractivity (Wildman–Crippen MR) is 103 cm³/mol. The van der Waals surface area contributed by atoms with Gasteiger partial charge in [0, 0.05) is 49.7 Å². The largest absolute Gasteiger partial charge is 0.329 e. The number of imidazole rings is 1. The van der Waals surface area contributed by atoms with Crippen LogP contribution in [0.1, 0.15) is 36.3 Å². The van der Waals surface area contributed by atoms with E-state index in [9.17, 15) is 0 Å². The zero-order chi connectivity index (χ0) is 18.4. The fourth-order valence-electron chi connectivity index (χ4n) is 4.20. The maximum Gasteiger partial charge on any atom is 0.160 e. The molecule has 1 saturated carbocycles. The lowest BCUT2D eigenvalue weighted by Crippen LogP contribution is -2.20. The van der Waals surface area contributed by atoms with E-state index in [-0.39, 0.29) is 5.41 Å². The van der Waals surface area contributed by atoms with Crippen molar-refractivity contribution in [1.82, 2.24) is 34.4 Å². The number of fused-ring (bicyclic) bond motifs is 1. The number of nitrogens with one attached hydrogen (secondary N) is 1. The van der Waals surface area contributed by atoms with E-state index in [1.54, 1.807) is 0 Å². The normalized spacial score (nSPS) is 18.3. The molecule has 5 rings (SSSR count). The molecule has 7 nitrogen and oxygen atoms in total. The van der Waals surface area contributed by atoms with Crippen LogP contribution in [0.4, 0.5) is 0 Å².